The molecule has 1 aliphatic rings. The van der Waals surface area contributed by atoms with Gasteiger partial charge >= 0.3 is 6.18 Å². The van der Waals surface area contributed by atoms with Gasteiger partial charge in [-0.15, -0.1) is 11.6 Å². The molecular weight excluding hydrogens is 253 g/mol. The van der Waals surface area contributed by atoms with Crippen molar-refractivity contribution in [3.63, 3.8) is 0 Å². The summed E-state index contributed by atoms with van der Waals surface area (Å²) in [4.78, 5) is 5.50. The van der Waals surface area contributed by atoms with Crippen LogP contribution in [0, 0.1) is 5.92 Å². The largest absolute Gasteiger partial charge is 0.433 e. The van der Waals surface area contributed by atoms with E-state index in [4.69, 9.17) is 11.6 Å². The molecule has 2 heterocycles. The number of pyridine rings is 1. The Morgan fingerprint density at radius 3 is 2.76 bits per heavy atom. The molecule has 1 aliphatic heterocycles. The van der Waals surface area contributed by atoms with Crippen LogP contribution >= 0.6 is 11.6 Å². The fraction of sp³-hybridized carbons (Fsp3) is 0.545. The fourth-order valence-corrected chi connectivity index (χ4v) is 2.18. The van der Waals surface area contributed by atoms with Gasteiger partial charge in [0.25, 0.3) is 0 Å². The van der Waals surface area contributed by atoms with E-state index in [1.54, 1.807) is 6.07 Å². The van der Waals surface area contributed by atoms with Gasteiger partial charge < -0.3 is 4.90 Å². The summed E-state index contributed by atoms with van der Waals surface area (Å²) >= 11 is 5.74. The number of aromatic nitrogens is 1. The van der Waals surface area contributed by atoms with Crippen molar-refractivity contribution in [2.45, 2.75) is 12.6 Å². The monoisotopic (exact) mass is 264 g/mol. The van der Waals surface area contributed by atoms with E-state index in [0.29, 0.717) is 30.7 Å². The number of hydrogen-bond acceptors (Lipinski definition) is 2. The predicted octanol–water partition coefficient (Wildman–Crippen LogP) is 3.17. The van der Waals surface area contributed by atoms with Crippen LogP contribution in [0.1, 0.15) is 12.1 Å². The molecule has 1 aromatic heterocycles. The fourth-order valence-electron chi connectivity index (χ4n) is 1.92. The first-order chi connectivity index (χ1) is 8.00. The maximum Gasteiger partial charge on any atom is 0.433 e. The van der Waals surface area contributed by atoms with Crippen molar-refractivity contribution in [2.75, 3.05) is 23.9 Å². The van der Waals surface area contributed by atoms with Crippen LogP contribution < -0.4 is 4.90 Å². The summed E-state index contributed by atoms with van der Waals surface area (Å²) in [6, 6.07) is 3.98. The van der Waals surface area contributed by atoms with Crippen LogP contribution in [-0.4, -0.2) is 24.0 Å². The Hall–Kier alpha value is -0.970. The Morgan fingerprint density at radius 2 is 2.18 bits per heavy atom. The van der Waals surface area contributed by atoms with E-state index in [9.17, 15) is 13.2 Å². The number of hydrogen-bond donors (Lipinski definition) is 0. The third-order valence-electron chi connectivity index (χ3n) is 2.85. The van der Waals surface area contributed by atoms with Crippen LogP contribution in [0.4, 0.5) is 19.0 Å². The van der Waals surface area contributed by atoms with Crippen molar-refractivity contribution in [3.8, 4) is 0 Å². The molecule has 0 radical (unpaired) electrons. The molecule has 0 aliphatic carbocycles. The van der Waals surface area contributed by atoms with Crippen LogP contribution in [0.15, 0.2) is 18.2 Å². The molecular formula is C11H12ClF3N2. The zero-order valence-corrected chi connectivity index (χ0v) is 9.80. The lowest BCUT2D eigenvalue weighted by atomic mass is 10.2. The van der Waals surface area contributed by atoms with Gasteiger partial charge in [-0.05, 0) is 24.5 Å². The van der Waals surface area contributed by atoms with Crippen molar-refractivity contribution in [3.05, 3.63) is 23.9 Å². The standard InChI is InChI=1S/C11H12ClF3N2/c12-6-8-4-5-17(7-8)10-3-1-2-9(16-10)11(13,14)15/h1-3,8H,4-7H2. The van der Waals surface area contributed by atoms with Crippen molar-refractivity contribution >= 4 is 17.4 Å². The molecule has 6 heteroatoms. The SMILES string of the molecule is FC(F)(F)c1cccc(N2CCC(CCl)C2)n1. The number of anilines is 1. The van der Waals surface area contributed by atoms with E-state index >= 15 is 0 Å². The average molecular weight is 265 g/mol. The second-order valence-corrected chi connectivity index (χ2v) is 4.44. The molecule has 0 N–H and O–H groups in total. The van der Waals surface area contributed by atoms with Crippen LogP contribution in [-0.2, 0) is 6.18 Å². The summed E-state index contributed by atoms with van der Waals surface area (Å²) in [5.74, 6) is 1.26. The lowest BCUT2D eigenvalue weighted by Crippen LogP contribution is -2.22. The van der Waals surface area contributed by atoms with Gasteiger partial charge in [0, 0.05) is 19.0 Å². The number of rotatable bonds is 2. The molecule has 1 unspecified atom stereocenters. The Morgan fingerprint density at radius 1 is 1.41 bits per heavy atom. The molecule has 0 spiro atoms. The van der Waals surface area contributed by atoms with E-state index in [1.807, 2.05) is 4.90 Å². The molecule has 2 rings (SSSR count). The molecule has 0 saturated carbocycles. The predicted molar refractivity (Wildman–Crippen MR) is 60.3 cm³/mol. The third-order valence-corrected chi connectivity index (χ3v) is 3.29. The minimum Gasteiger partial charge on any atom is -0.356 e. The second-order valence-electron chi connectivity index (χ2n) is 4.13. The van der Waals surface area contributed by atoms with Gasteiger partial charge in [0.15, 0.2) is 0 Å². The van der Waals surface area contributed by atoms with E-state index in [-0.39, 0.29) is 0 Å². The summed E-state index contributed by atoms with van der Waals surface area (Å²) in [6.45, 7) is 1.39. The van der Waals surface area contributed by atoms with Gasteiger partial charge in [-0.1, -0.05) is 6.07 Å². The number of nitrogens with zero attached hydrogens (tertiary/aromatic N) is 2. The van der Waals surface area contributed by atoms with Gasteiger partial charge in [-0.25, -0.2) is 4.98 Å². The summed E-state index contributed by atoms with van der Waals surface area (Å²) in [5, 5.41) is 0. The smallest absolute Gasteiger partial charge is 0.356 e. The highest BCUT2D eigenvalue weighted by molar-refractivity contribution is 6.18. The molecule has 0 amide bonds. The molecule has 1 aromatic rings. The number of halogens is 4. The molecule has 0 aromatic carbocycles. The molecule has 17 heavy (non-hydrogen) atoms. The second kappa shape index (κ2) is 4.72. The summed E-state index contributed by atoms with van der Waals surface area (Å²) in [5.41, 5.74) is -0.843. The van der Waals surface area contributed by atoms with Crippen molar-refractivity contribution in [1.29, 1.82) is 0 Å². The maximum atomic E-state index is 12.5. The van der Waals surface area contributed by atoms with Gasteiger partial charge in [-0.3, -0.25) is 0 Å². The first-order valence-electron chi connectivity index (χ1n) is 5.36. The van der Waals surface area contributed by atoms with E-state index in [1.165, 1.54) is 6.07 Å². The van der Waals surface area contributed by atoms with Gasteiger partial charge in [0.05, 0.1) is 0 Å². The van der Waals surface area contributed by atoms with Crippen LogP contribution in [0.2, 0.25) is 0 Å². The normalized spacial score (nSPS) is 20.9. The Kier molecular flexibility index (Phi) is 3.47. The number of alkyl halides is 4. The lowest BCUT2D eigenvalue weighted by Gasteiger charge is -2.18. The topological polar surface area (TPSA) is 16.1 Å². The summed E-state index contributed by atoms with van der Waals surface area (Å²) in [7, 11) is 0. The van der Waals surface area contributed by atoms with E-state index < -0.39 is 11.9 Å². The molecule has 1 saturated heterocycles. The minimum atomic E-state index is -4.39. The maximum absolute atomic E-state index is 12.5. The van der Waals surface area contributed by atoms with Gasteiger partial charge in [0.2, 0.25) is 0 Å². The zero-order chi connectivity index (χ0) is 12.5. The minimum absolute atomic E-state index is 0.341. The molecule has 1 atom stereocenters. The molecule has 94 valence electrons. The average Bonchev–Trinajstić information content (AvgIpc) is 2.76. The lowest BCUT2D eigenvalue weighted by molar-refractivity contribution is -0.141. The molecule has 0 bridgehead atoms. The molecule has 1 fully saturated rings. The van der Waals surface area contributed by atoms with Crippen molar-refractivity contribution in [2.24, 2.45) is 5.92 Å². The van der Waals surface area contributed by atoms with Crippen LogP contribution in [0.5, 0.6) is 0 Å². The zero-order valence-electron chi connectivity index (χ0n) is 9.04. The van der Waals surface area contributed by atoms with Crippen LogP contribution in [0.25, 0.3) is 0 Å². The van der Waals surface area contributed by atoms with Gasteiger partial charge in [-0.2, -0.15) is 13.2 Å². The Balaban J connectivity index is 2.17. The van der Waals surface area contributed by atoms with Crippen LogP contribution in [0.3, 0.4) is 0 Å². The van der Waals surface area contributed by atoms with E-state index in [0.717, 1.165) is 12.5 Å². The Bertz CT molecular complexity index is 395. The Labute approximate surface area is 102 Å². The highest BCUT2D eigenvalue weighted by Gasteiger charge is 2.33. The summed E-state index contributed by atoms with van der Waals surface area (Å²) < 4.78 is 37.5. The highest BCUT2D eigenvalue weighted by atomic mass is 35.5. The summed E-state index contributed by atoms with van der Waals surface area (Å²) in [6.07, 6.45) is -3.48. The van der Waals surface area contributed by atoms with E-state index in [2.05, 4.69) is 4.98 Å². The first kappa shape index (κ1) is 12.5. The van der Waals surface area contributed by atoms with Gasteiger partial charge in [0.1, 0.15) is 11.5 Å². The van der Waals surface area contributed by atoms with Crippen molar-refractivity contribution < 1.29 is 13.2 Å². The third kappa shape index (κ3) is 2.83. The highest BCUT2D eigenvalue weighted by Crippen LogP contribution is 2.30. The first-order valence-corrected chi connectivity index (χ1v) is 5.89. The van der Waals surface area contributed by atoms with Crippen molar-refractivity contribution in [1.82, 2.24) is 4.98 Å². The molecule has 2 nitrogen and oxygen atoms in total. The quantitative estimate of drug-likeness (QED) is 0.763.